The number of carbonyl (C=O) groups is 2. The molecule has 3 rings (SSSR count). The van der Waals surface area contributed by atoms with Crippen LogP contribution < -0.4 is 0 Å². The number of esters is 2. The zero-order chi connectivity index (χ0) is 26.6. The smallest absolute Gasteiger partial charge is 0.309 e. The number of allylic oxidation sites excluding steroid dienone is 4. The number of unbranched alkanes of at least 4 members (excludes halogenated alkanes) is 2. The van der Waals surface area contributed by atoms with E-state index in [-0.39, 0.29) is 60.9 Å². The van der Waals surface area contributed by atoms with Crippen LogP contribution in [0.5, 0.6) is 0 Å². The fourth-order valence-electron chi connectivity index (χ4n) is 5.65. The van der Waals surface area contributed by atoms with Crippen LogP contribution in [0.1, 0.15) is 98.3 Å². The van der Waals surface area contributed by atoms with Crippen molar-refractivity contribution in [1.29, 1.82) is 0 Å². The predicted molar refractivity (Wildman–Crippen MR) is 145 cm³/mol. The van der Waals surface area contributed by atoms with Crippen molar-refractivity contribution in [3.05, 3.63) is 36.5 Å². The van der Waals surface area contributed by atoms with Crippen molar-refractivity contribution in [2.75, 3.05) is 0 Å². The first kappa shape index (κ1) is 29.6. The molecule has 3 heterocycles. The van der Waals surface area contributed by atoms with Gasteiger partial charge < -0.3 is 18.9 Å². The second-order valence-corrected chi connectivity index (χ2v) is 11.2. The molecule has 0 aromatic rings. The molecule has 0 amide bonds. The third kappa shape index (κ3) is 10.8. The van der Waals surface area contributed by atoms with Crippen LogP contribution >= 0.6 is 0 Å². The zero-order valence-corrected chi connectivity index (χ0v) is 23.3. The molecule has 0 aliphatic carbocycles. The van der Waals surface area contributed by atoms with Gasteiger partial charge in [0, 0.05) is 25.7 Å². The molecule has 4 bridgehead atoms. The van der Waals surface area contributed by atoms with Gasteiger partial charge in [-0.25, -0.2) is 0 Å². The molecule has 8 atom stereocenters. The zero-order valence-electron chi connectivity index (χ0n) is 23.3. The van der Waals surface area contributed by atoms with Crippen LogP contribution in [0, 0.1) is 11.8 Å². The summed E-state index contributed by atoms with van der Waals surface area (Å²) in [5.74, 6) is -0.174. The van der Waals surface area contributed by atoms with E-state index in [1.807, 2.05) is 18.2 Å². The van der Waals surface area contributed by atoms with Gasteiger partial charge >= 0.3 is 11.9 Å². The molecular weight excluding hydrogens is 468 g/mol. The van der Waals surface area contributed by atoms with Crippen molar-refractivity contribution in [1.82, 2.24) is 0 Å². The van der Waals surface area contributed by atoms with E-state index in [9.17, 15) is 9.59 Å². The van der Waals surface area contributed by atoms with Crippen molar-refractivity contribution in [3.8, 4) is 0 Å². The highest BCUT2D eigenvalue weighted by molar-refractivity contribution is 5.70. The molecule has 0 radical (unpaired) electrons. The van der Waals surface area contributed by atoms with Gasteiger partial charge in [-0.3, -0.25) is 9.59 Å². The maximum atomic E-state index is 13.1. The summed E-state index contributed by atoms with van der Waals surface area (Å²) >= 11 is 0. The van der Waals surface area contributed by atoms with Gasteiger partial charge in [0.2, 0.25) is 0 Å². The van der Waals surface area contributed by atoms with E-state index in [4.69, 9.17) is 18.9 Å². The number of rotatable bonds is 6. The van der Waals surface area contributed by atoms with Crippen molar-refractivity contribution < 1.29 is 28.5 Å². The molecule has 6 heteroatoms. The third-order valence-corrected chi connectivity index (χ3v) is 7.56. The first-order valence-corrected chi connectivity index (χ1v) is 14.5. The lowest BCUT2D eigenvalue weighted by atomic mass is 9.90. The SMILES string of the molecule is CCCCC=C/C=C/[C@@H]1OC(=O)C[C@@H]2C[C@H](OC(C)=O)C[C@H](C[C@@H]3CCC[C@H](C[C@@H](C)/C=C/[C@@H]1C)O3)O2. The second-order valence-electron chi connectivity index (χ2n) is 11.2. The molecule has 0 aromatic carbocycles. The third-order valence-electron chi connectivity index (χ3n) is 7.56. The average molecular weight is 517 g/mol. The lowest BCUT2D eigenvalue weighted by Gasteiger charge is -2.38. The van der Waals surface area contributed by atoms with Gasteiger partial charge in [0.1, 0.15) is 12.2 Å². The van der Waals surface area contributed by atoms with E-state index < -0.39 is 0 Å². The average Bonchev–Trinajstić information content (AvgIpc) is 2.83. The fraction of sp³-hybridized carbons (Fsp3) is 0.742. The maximum absolute atomic E-state index is 13.1. The van der Waals surface area contributed by atoms with Crippen LogP contribution in [0.3, 0.4) is 0 Å². The van der Waals surface area contributed by atoms with Crippen molar-refractivity contribution in [2.24, 2.45) is 11.8 Å². The van der Waals surface area contributed by atoms with Crippen molar-refractivity contribution >= 4 is 11.9 Å². The van der Waals surface area contributed by atoms with E-state index in [0.717, 1.165) is 38.5 Å². The number of ether oxygens (including phenoxy) is 4. The highest BCUT2D eigenvalue weighted by atomic mass is 16.6. The normalized spacial score (nSPS) is 36.8. The second kappa shape index (κ2) is 15.5. The first-order chi connectivity index (χ1) is 17.8. The number of fused-ring (bicyclic) bond motifs is 4. The highest BCUT2D eigenvalue weighted by Gasteiger charge is 2.36. The molecule has 0 saturated carbocycles. The van der Waals surface area contributed by atoms with E-state index >= 15 is 0 Å². The Bertz CT molecular complexity index is 802. The van der Waals surface area contributed by atoms with Gasteiger partial charge in [0.25, 0.3) is 0 Å². The van der Waals surface area contributed by atoms with E-state index in [2.05, 4.69) is 39.0 Å². The van der Waals surface area contributed by atoms with Crippen molar-refractivity contribution in [2.45, 2.75) is 135 Å². The fourth-order valence-corrected chi connectivity index (χ4v) is 5.65. The molecule has 2 saturated heterocycles. The molecular formula is C31H48O6. The number of carbonyl (C=O) groups excluding carboxylic acids is 2. The molecule has 0 unspecified atom stereocenters. The molecule has 208 valence electrons. The summed E-state index contributed by atoms with van der Waals surface area (Å²) in [6.07, 6.45) is 21.6. The van der Waals surface area contributed by atoms with Gasteiger partial charge in [-0.1, -0.05) is 64.0 Å². The summed E-state index contributed by atoms with van der Waals surface area (Å²) in [7, 11) is 0. The summed E-state index contributed by atoms with van der Waals surface area (Å²) in [6.45, 7) is 7.94. The molecule has 0 spiro atoms. The van der Waals surface area contributed by atoms with Crippen LogP contribution in [-0.4, -0.2) is 48.6 Å². The highest BCUT2D eigenvalue weighted by Crippen LogP contribution is 2.32. The van der Waals surface area contributed by atoms with Gasteiger partial charge in [-0.05, 0) is 50.5 Å². The predicted octanol–water partition coefficient (Wildman–Crippen LogP) is 6.63. The Morgan fingerprint density at radius 3 is 2.49 bits per heavy atom. The number of cyclic esters (lactones) is 1. The van der Waals surface area contributed by atoms with Crippen LogP contribution in [0.25, 0.3) is 0 Å². The van der Waals surface area contributed by atoms with E-state index in [1.54, 1.807) is 0 Å². The minimum atomic E-state index is -0.362. The van der Waals surface area contributed by atoms with Crippen LogP contribution in [-0.2, 0) is 28.5 Å². The number of hydrogen-bond acceptors (Lipinski definition) is 6. The van der Waals surface area contributed by atoms with Crippen LogP contribution in [0.15, 0.2) is 36.5 Å². The summed E-state index contributed by atoms with van der Waals surface area (Å²) < 4.78 is 24.4. The summed E-state index contributed by atoms with van der Waals surface area (Å²) in [5, 5.41) is 0. The van der Waals surface area contributed by atoms with Crippen molar-refractivity contribution in [3.63, 3.8) is 0 Å². The number of hydrogen-bond donors (Lipinski definition) is 0. The van der Waals surface area contributed by atoms with Gasteiger partial charge in [0.15, 0.2) is 0 Å². The summed E-state index contributed by atoms with van der Waals surface area (Å²) in [4.78, 5) is 24.8. The van der Waals surface area contributed by atoms with Gasteiger partial charge in [-0.15, -0.1) is 0 Å². The topological polar surface area (TPSA) is 71.1 Å². The minimum absolute atomic E-state index is 0.0356. The molecule has 3 aliphatic rings. The summed E-state index contributed by atoms with van der Waals surface area (Å²) in [5.41, 5.74) is 0. The van der Waals surface area contributed by atoms with Gasteiger partial charge in [-0.2, -0.15) is 0 Å². The molecule has 6 nitrogen and oxygen atoms in total. The standard InChI is InChI=1S/C31H48O6/c1-5-6-7-8-9-10-14-30-23(3)16-15-22(2)17-25-12-11-13-26(35-25)18-28-19-27(34-24(4)32)20-29(36-28)21-31(33)37-30/h8-10,14-16,22-23,25-30H,5-7,11-13,17-21H2,1-4H3/b9-8?,14-10+,16-15+/t22-,23-,25+,26-,27+,28-,29-,30-/m0/s1. The van der Waals surface area contributed by atoms with Crippen LogP contribution in [0.2, 0.25) is 0 Å². The Labute approximate surface area is 223 Å². The van der Waals surface area contributed by atoms with E-state index in [0.29, 0.717) is 18.8 Å². The van der Waals surface area contributed by atoms with Gasteiger partial charge in [0.05, 0.1) is 30.8 Å². The maximum Gasteiger partial charge on any atom is 0.309 e. The van der Waals surface area contributed by atoms with Crippen LogP contribution in [0.4, 0.5) is 0 Å². The largest absolute Gasteiger partial charge is 0.462 e. The Morgan fingerprint density at radius 2 is 1.73 bits per heavy atom. The lowest BCUT2D eigenvalue weighted by Crippen LogP contribution is -2.42. The summed E-state index contributed by atoms with van der Waals surface area (Å²) in [6, 6.07) is 0. The Balaban J connectivity index is 1.77. The molecule has 37 heavy (non-hydrogen) atoms. The Kier molecular flexibility index (Phi) is 12.4. The lowest BCUT2D eigenvalue weighted by molar-refractivity contribution is -0.170. The molecule has 0 N–H and O–H groups in total. The first-order valence-electron chi connectivity index (χ1n) is 14.5. The van der Waals surface area contributed by atoms with E-state index in [1.165, 1.54) is 19.8 Å². The molecule has 2 fully saturated rings. The quantitative estimate of drug-likeness (QED) is 0.171. The molecule has 0 aromatic heterocycles. The Morgan fingerprint density at radius 1 is 1.00 bits per heavy atom. The monoisotopic (exact) mass is 516 g/mol. The molecule has 3 aliphatic heterocycles. The Hall–Kier alpha value is -1.92. The minimum Gasteiger partial charge on any atom is -0.462 e.